The summed E-state index contributed by atoms with van der Waals surface area (Å²) >= 11 is 0. The molecular formula is C23H26N4O. The predicted molar refractivity (Wildman–Crippen MR) is 111 cm³/mol. The van der Waals surface area contributed by atoms with E-state index in [1.807, 2.05) is 54.1 Å². The number of hydrogen-bond donors (Lipinski definition) is 1. The second-order valence-electron chi connectivity index (χ2n) is 7.24. The summed E-state index contributed by atoms with van der Waals surface area (Å²) in [5.74, 6) is 0.796. The maximum absolute atomic E-state index is 13.2. The summed E-state index contributed by atoms with van der Waals surface area (Å²) in [7, 11) is 0. The van der Waals surface area contributed by atoms with E-state index in [4.69, 9.17) is 0 Å². The molecule has 0 unspecified atom stereocenters. The first-order valence-corrected chi connectivity index (χ1v) is 9.89. The van der Waals surface area contributed by atoms with E-state index in [1.54, 1.807) is 6.20 Å². The van der Waals surface area contributed by atoms with Gasteiger partial charge in [0.25, 0.3) is 0 Å². The van der Waals surface area contributed by atoms with E-state index in [9.17, 15) is 4.79 Å². The molecule has 1 atom stereocenters. The van der Waals surface area contributed by atoms with Crippen molar-refractivity contribution in [3.8, 4) is 0 Å². The molecule has 0 spiro atoms. The molecule has 0 saturated carbocycles. The molecule has 2 heterocycles. The SMILES string of the molecule is Cc1nccn1[C@@H](C(=O)NCc1ccccc1N1CCCC1)c1ccccc1. The number of para-hydroxylation sites is 1. The van der Waals surface area contributed by atoms with Crippen LogP contribution in [0.4, 0.5) is 5.69 Å². The van der Waals surface area contributed by atoms with Gasteiger partial charge in [-0.15, -0.1) is 0 Å². The number of imidazole rings is 1. The summed E-state index contributed by atoms with van der Waals surface area (Å²) in [5.41, 5.74) is 3.34. The lowest BCUT2D eigenvalue weighted by Gasteiger charge is -2.23. The smallest absolute Gasteiger partial charge is 0.248 e. The van der Waals surface area contributed by atoms with Gasteiger partial charge in [-0.1, -0.05) is 48.5 Å². The minimum absolute atomic E-state index is 0.0245. The molecule has 5 heteroatoms. The molecule has 4 rings (SSSR count). The molecule has 1 aromatic heterocycles. The number of carbonyl (C=O) groups is 1. The van der Waals surface area contributed by atoms with Gasteiger partial charge in [-0.2, -0.15) is 0 Å². The highest BCUT2D eigenvalue weighted by Gasteiger charge is 2.24. The van der Waals surface area contributed by atoms with E-state index in [1.165, 1.54) is 18.5 Å². The standard InChI is InChI=1S/C23H26N4O/c1-18-24-13-16-27(18)22(19-9-3-2-4-10-19)23(28)25-17-20-11-5-6-12-21(20)26-14-7-8-15-26/h2-6,9-13,16,22H,7-8,14-15,17H2,1H3,(H,25,28)/t22-/m1/s1. The molecule has 3 aromatic rings. The first kappa shape index (κ1) is 18.3. The zero-order chi connectivity index (χ0) is 19.3. The zero-order valence-electron chi connectivity index (χ0n) is 16.2. The number of nitrogens with one attached hydrogen (secondary N) is 1. The fraction of sp³-hybridized carbons (Fsp3) is 0.304. The largest absolute Gasteiger partial charge is 0.371 e. The first-order valence-electron chi connectivity index (χ1n) is 9.89. The van der Waals surface area contributed by atoms with Crippen LogP contribution in [0.2, 0.25) is 0 Å². The Hall–Kier alpha value is -3.08. The van der Waals surface area contributed by atoms with Gasteiger partial charge in [0.1, 0.15) is 11.9 Å². The molecule has 1 amide bonds. The van der Waals surface area contributed by atoms with E-state index in [-0.39, 0.29) is 5.91 Å². The van der Waals surface area contributed by atoms with E-state index in [0.29, 0.717) is 6.54 Å². The molecule has 28 heavy (non-hydrogen) atoms. The molecule has 144 valence electrons. The van der Waals surface area contributed by atoms with Crippen molar-refractivity contribution in [2.45, 2.75) is 32.4 Å². The van der Waals surface area contributed by atoms with Crippen molar-refractivity contribution in [2.75, 3.05) is 18.0 Å². The molecule has 0 aliphatic carbocycles. The molecular weight excluding hydrogens is 348 g/mol. The normalized spacial score (nSPS) is 14.8. The van der Waals surface area contributed by atoms with E-state index in [0.717, 1.165) is 30.0 Å². The molecule has 0 bridgehead atoms. The van der Waals surface area contributed by atoms with Crippen LogP contribution in [0, 0.1) is 6.92 Å². The van der Waals surface area contributed by atoms with Gasteiger partial charge in [0, 0.05) is 37.7 Å². The van der Waals surface area contributed by atoms with Crippen LogP contribution >= 0.6 is 0 Å². The zero-order valence-corrected chi connectivity index (χ0v) is 16.2. The van der Waals surface area contributed by atoms with Gasteiger partial charge in [0.15, 0.2) is 0 Å². The Morgan fingerprint density at radius 1 is 1.07 bits per heavy atom. The van der Waals surface area contributed by atoms with Crippen LogP contribution in [-0.4, -0.2) is 28.5 Å². The topological polar surface area (TPSA) is 50.2 Å². The van der Waals surface area contributed by atoms with Gasteiger partial charge in [-0.05, 0) is 37.0 Å². The summed E-state index contributed by atoms with van der Waals surface area (Å²) in [6.45, 7) is 4.62. The van der Waals surface area contributed by atoms with Crippen LogP contribution in [0.3, 0.4) is 0 Å². The molecule has 1 N–H and O–H groups in total. The van der Waals surface area contributed by atoms with Gasteiger partial charge < -0.3 is 14.8 Å². The van der Waals surface area contributed by atoms with Gasteiger partial charge in [-0.3, -0.25) is 4.79 Å². The highest BCUT2D eigenvalue weighted by Crippen LogP contribution is 2.25. The molecule has 1 fully saturated rings. The Balaban J connectivity index is 1.56. The number of aromatic nitrogens is 2. The van der Waals surface area contributed by atoms with Crippen molar-refractivity contribution < 1.29 is 4.79 Å². The van der Waals surface area contributed by atoms with Crippen LogP contribution in [0.5, 0.6) is 0 Å². The van der Waals surface area contributed by atoms with Gasteiger partial charge in [-0.25, -0.2) is 4.98 Å². The second-order valence-corrected chi connectivity index (χ2v) is 7.24. The molecule has 2 aromatic carbocycles. The third kappa shape index (κ3) is 3.79. The lowest BCUT2D eigenvalue weighted by atomic mass is 10.1. The van der Waals surface area contributed by atoms with E-state index >= 15 is 0 Å². The van der Waals surface area contributed by atoms with Gasteiger partial charge >= 0.3 is 0 Å². The van der Waals surface area contributed by atoms with Crippen LogP contribution in [0.15, 0.2) is 67.0 Å². The van der Waals surface area contributed by atoms with E-state index < -0.39 is 6.04 Å². The molecule has 1 saturated heterocycles. The highest BCUT2D eigenvalue weighted by molar-refractivity contribution is 5.83. The minimum atomic E-state index is -0.428. The lowest BCUT2D eigenvalue weighted by molar-refractivity contribution is -0.123. The fourth-order valence-electron chi connectivity index (χ4n) is 3.94. The maximum atomic E-state index is 13.2. The number of aryl methyl sites for hydroxylation is 1. The number of benzene rings is 2. The van der Waals surface area contributed by atoms with Crippen LogP contribution in [0.25, 0.3) is 0 Å². The summed E-state index contributed by atoms with van der Waals surface area (Å²) in [5, 5.41) is 3.16. The number of carbonyl (C=O) groups excluding carboxylic acids is 1. The van der Waals surface area contributed by atoms with Crippen molar-refractivity contribution in [2.24, 2.45) is 0 Å². The number of anilines is 1. The Morgan fingerprint density at radius 2 is 1.79 bits per heavy atom. The van der Waals surface area contributed by atoms with Crippen molar-refractivity contribution >= 4 is 11.6 Å². The average Bonchev–Trinajstić information content (AvgIpc) is 3.40. The summed E-state index contributed by atoms with van der Waals surface area (Å²) < 4.78 is 1.93. The Kier molecular flexibility index (Phi) is 5.42. The van der Waals surface area contributed by atoms with Crippen LogP contribution in [0.1, 0.15) is 35.8 Å². The second kappa shape index (κ2) is 8.30. The molecule has 1 aliphatic heterocycles. The van der Waals surface area contributed by atoms with Crippen molar-refractivity contribution in [1.82, 2.24) is 14.9 Å². The maximum Gasteiger partial charge on any atom is 0.248 e. The van der Waals surface area contributed by atoms with Crippen molar-refractivity contribution in [3.63, 3.8) is 0 Å². The molecule has 5 nitrogen and oxygen atoms in total. The quantitative estimate of drug-likeness (QED) is 0.716. The van der Waals surface area contributed by atoms with E-state index in [2.05, 4.69) is 33.4 Å². The van der Waals surface area contributed by atoms with Crippen LogP contribution < -0.4 is 10.2 Å². The Bertz CT molecular complexity index is 929. The number of nitrogens with zero attached hydrogens (tertiary/aromatic N) is 3. The third-order valence-corrected chi connectivity index (χ3v) is 5.40. The molecule has 1 aliphatic rings. The number of rotatable bonds is 6. The van der Waals surface area contributed by atoms with Gasteiger partial charge in [0.2, 0.25) is 5.91 Å². The fourth-order valence-corrected chi connectivity index (χ4v) is 3.94. The highest BCUT2D eigenvalue weighted by atomic mass is 16.2. The third-order valence-electron chi connectivity index (χ3n) is 5.40. The summed E-state index contributed by atoms with van der Waals surface area (Å²) in [4.78, 5) is 19.9. The Morgan fingerprint density at radius 3 is 2.50 bits per heavy atom. The minimum Gasteiger partial charge on any atom is -0.371 e. The van der Waals surface area contributed by atoms with Gasteiger partial charge in [0.05, 0.1) is 0 Å². The average molecular weight is 374 g/mol. The monoisotopic (exact) mass is 374 g/mol. The van der Waals surface area contributed by atoms with Crippen LogP contribution in [-0.2, 0) is 11.3 Å². The lowest BCUT2D eigenvalue weighted by Crippen LogP contribution is -2.33. The Labute approximate surface area is 166 Å². The summed E-state index contributed by atoms with van der Waals surface area (Å²) in [6, 6.07) is 17.8. The van der Waals surface area contributed by atoms with Crippen molar-refractivity contribution in [1.29, 1.82) is 0 Å². The first-order chi connectivity index (χ1) is 13.7. The van der Waals surface area contributed by atoms with Crippen molar-refractivity contribution in [3.05, 3.63) is 83.9 Å². The number of hydrogen-bond acceptors (Lipinski definition) is 3. The predicted octanol–water partition coefficient (Wildman–Crippen LogP) is 3.70. The number of amides is 1. The summed E-state index contributed by atoms with van der Waals surface area (Å²) in [6.07, 6.45) is 6.07. The molecule has 0 radical (unpaired) electrons.